The van der Waals surface area contributed by atoms with Crippen LogP contribution in [0.15, 0.2) is 24.3 Å². The van der Waals surface area contributed by atoms with Crippen molar-refractivity contribution in [2.45, 2.75) is 206 Å². The van der Waals surface area contributed by atoms with Gasteiger partial charge in [-0.15, -0.1) is 0 Å². The lowest BCUT2D eigenvalue weighted by molar-refractivity contribution is -0.153. The number of hydrogen-bond acceptors (Lipinski definition) is 3. The second-order valence-corrected chi connectivity index (χ2v) is 13.4. The summed E-state index contributed by atoms with van der Waals surface area (Å²) < 4.78 is 4.96. The molecule has 0 saturated carbocycles. The van der Waals surface area contributed by atoms with E-state index in [-0.39, 0.29) is 11.9 Å². The van der Waals surface area contributed by atoms with Crippen LogP contribution < -0.4 is 0 Å². The molecular weight excluding hydrogens is 528 g/mol. The summed E-state index contributed by atoms with van der Waals surface area (Å²) in [4.78, 5) is 24.5. The molecular formula is C40H72O3. The number of carbonyl (C=O) groups excluding carboxylic acids is 2. The Bertz CT molecular complexity index is 636. The fourth-order valence-corrected chi connectivity index (χ4v) is 6.32. The van der Waals surface area contributed by atoms with Crippen molar-refractivity contribution >= 4 is 11.9 Å². The molecule has 0 amide bonds. The average molecular weight is 601 g/mol. The van der Waals surface area contributed by atoms with E-state index in [9.17, 15) is 9.59 Å². The summed E-state index contributed by atoms with van der Waals surface area (Å²) in [6.07, 6.45) is 48.2. The van der Waals surface area contributed by atoms with Crippen molar-refractivity contribution in [1.82, 2.24) is 0 Å². The van der Waals surface area contributed by atoms with E-state index in [1.807, 2.05) is 12.2 Å². The van der Waals surface area contributed by atoms with Gasteiger partial charge in [-0.05, 0) is 25.7 Å². The first-order chi connectivity index (χ1) is 21.2. The van der Waals surface area contributed by atoms with E-state index in [4.69, 9.17) is 4.74 Å². The molecule has 0 N–H and O–H groups in total. The summed E-state index contributed by atoms with van der Waals surface area (Å²) in [6, 6.07) is 0. The zero-order valence-corrected chi connectivity index (χ0v) is 28.9. The fourth-order valence-electron chi connectivity index (χ4n) is 6.32. The van der Waals surface area contributed by atoms with Crippen molar-refractivity contribution < 1.29 is 14.3 Å². The first kappa shape index (κ1) is 39.6. The molecule has 1 rings (SSSR count). The van der Waals surface area contributed by atoms with Crippen LogP contribution in [0.3, 0.4) is 0 Å². The van der Waals surface area contributed by atoms with Gasteiger partial charge in [0.15, 0.2) is 0 Å². The van der Waals surface area contributed by atoms with E-state index in [1.54, 1.807) is 0 Å². The van der Waals surface area contributed by atoms with Crippen LogP contribution in [0, 0.1) is 11.8 Å². The number of rotatable bonds is 32. The lowest BCUT2D eigenvalue weighted by Gasteiger charge is -2.05. The third kappa shape index (κ3) is 23.6. The maximum absolute atomic E-state index is 12.2. The third-order valence-electron chi connectivity index (χ3n) is 9.27. The van der Waals surface area contributed by atoms with E-state index in [0.717, 1.165) is 25.7 Å². The summed E-state index contributed by atoms with van der Waals surface area (Å²) in [5.41, 5.74) is 0. The number of allylic oxidation sites excluding steroid dienone is 2. The summed E-state index contributed by atoms with van der Waals surface area (Å²) in [5, 5.41) is 0. The van der Waals surface area contributed by atoms with Gasteiger partial charge in [0.05, 0.1) is 11.8 Å². The highest BCUT2D eigenvalue weighted by Crippen LogP contribution is 2.27. The maximum atomic E-state index is 12.2. The van der Waals surface area contributed by atoms with Gasteiger partial charge in [0, 0.05) is 0 Å². The van der Waals surface area contributed by atoms with Crippen molar-refractivity contribution in [3.05, 3.63) is 24.3 Å². The Kier molecular flexibility index (Phi) is 28.2. The van der Waals surface area contributed by atoms with Gasteiger partial charge in [0.1, 0.15) is 0 Å². The summed E-state index contributed by atoms with van der Waals surface area (Å²) >= 11 is 0. The molecule has 250 valence electrons. The second kappa shape index (κ2) is 30.6. The van der Waals surface area contributed by atoms with Gasteiger partial charge in [-0.3, -0.25) is 9.59 Å². The second-order valence-electron chi connectivity index (χ2n) is 13.4. The van der Waals surface area contributed by atoms with Crippen LogP contribution in [-0.4, -0.2) is 11.9 Å². The quantitative estimate of drug-likeness (QED) is 0.0334. The number of cyclic esters (lactones) is 2. The normalized spacial score (nSPS) is 17.2. The largest absolute Gasteiger partial charge is 0.392 e. The first-order valence-electron chi connectivity index (χ1n) is 19.3. The van der Waals surface area contributed by atoms with E-state index >= 15 is 0 Å². The minimum absolute atomic E-state index is 0.381. The van der Waals surface area contributed by atoms with Crippen LogP contribution in [0.5, 0.6) is 0 Å². The molecule has 0 radical (unpaired) electrons. The highest BCUT2D eigenvalue weighted by Gasteiger charge is 2.40. The van der Waals surface area contributed by atoms with Gasteiger partial charge < -0.3 is 4.74 Å². The molecule has 1 aliphatic rings. The number of esters is 2. The van der Waals surface area contributed by atoms with Crippen LogP contribution in [0.1, 0.15) is 206 Å². The highest BCUT2D eigenvalue weighted by molar-refractivity contribution is 5.98. The van der Waals surface area contributed by atoms with Crippen LogP contribution in [0.4, 0.5) is 0 Å². The van der Waals surface area contributed by atoms with E-state index in [0.29, 0.717) is 0 Å². The maximum Gasteiger partial charge on any atom is 0.321 e. The predicted octanol–water partition coefficient (Wildman–Crippen LogP) is 13.2. The number of carbonyl (C=O) groups is 2. The van der Waals surface area contributed by atoms with Crippen molar-refractivity contribution in [2.24, 2.45) is 11.8 Å². The summed E-state index contributed by atoms with van der Waals surface area (Å²) in [6.45, 7) is 4.56. The van der Waals surface area contributed by atoms with Gasteiger partial charge in [0.2, 0.25) is 0 Å². The number of unbranched alkanes of at least 4 members (excludes halogenated alkanes) is 28. The van der Waals surface area contributed by atoms with Crippen molar-refractivity contribution in [2.75, 3.05) is 0 Å². The first-order valence-corrected chi connectivity index (χ1v) is 19.3. The molecule has 0 bridgehead atoms. The third-order valence-corrected chi connectivity index (χ3v) is 9.27. The molecule has 1 saturated heterocycles. The molecule has 2 unspecified atom stereocenters. The Morgan fingerprint density at radius 2 is 0.628 bits per heavy atom. The smallest absolute Gasteiger partial charge is 0.321 e. The Labute approximate surface area is 268 Å². The molecule has 3 heteroatoms. The summed E-state index contributed by atoms with van der Waals surface area (Å²) in [7, 11) is 0. The molecule has 2 atom stereocenters. The van der Waals surface area contributed by atoms with Crippen LogP contribution >= 0.6 is 0 Å². The standard InChI is InChI=1S/C40H72O3/c1-3-5-7-9-11-13-15-17-19-21-23-25-27-29-31-33-35-37-38(40(42)43-39(37)41)36-34-32-30-28-26-24-22-20-18-16-14-12-10-8-6-4-2/h33-38H,3-32H2,1-2H3. The Hall–Kier alpha value is -1.38. The molecule has 3 nitrogen and oxygen atoms in total. The van der Waals surface area contributed by atoms with Crippen molar-refractivity contribution in [3.8, 4) is 0 Å². The topological polar surface area (TPSA) is 43.4 Å². The lowest BCUT2D eigenvalue weighted by atomic mass is 9.93. The molecule has 1 aliphatic heterocycles. The van der Waals surface area contributed by atoms with Crippen molar-refractivity contribution in [3.63, 3.8) is 0 Å². The Morgan fingerprint density at radius 3 is 0.884 bits per heavy atom. The fraction of sp³-hybridized carbons (Fsp3) is 0.850. The molecule has 0 spiro atoms. The van der Waals surface area contributed by atoms with Gasteiger partial charge in [-0.2, -0.15) is 0 Å². The minimum atomic E-state index is -0.438. The van der Waals surface area contributed by atoms with Gasteiger partial charge >= 0.3 is 11.9 Å². The molecule has 0 aromatic heterocycles. The minimum Gasteiger partial charge on any atom is -0.392 e. The zero-order valence-electron chi connectivity index (χ0n) is 28.9. The van der Waals surface area contributed by atoms with E-state index in [2.05, 4.69) is 26.0 Å². The SMILES string of the molecule is CCCCCCCCCCCCCCCCC=CC1C(=O)OC(=O)C1C=CCCCCCCCCCCCCCCCC. The summed E-state index contributed by atoms with van der Waals surface area (Å²) in [5.74, 6) is -1.64. The highest BCUT2D eigenvalue weighted by atomic mass is 16.6. The Morgan fingerprint density at radius 1 is 0.395 bits per heavy atom. The number of hydrogen-bond donors (Lipinski definition) is 0. The van der Waals surface area contributed by atoms with Crippen LogP contribution in [0.25, 0.3) is 0 Å². The number of ether oxygens (including phenoxy) is 1. The van der Waals surface area contributed by atoms with Crippen LogP contribution in [0.2, 0.25) is 0 Å². The Balaban J connectivity index is 2.00. The molecule has 1 heterocycles. The van der Waals surface area contributed by atoms with Gasteiger partial charge in [-0.25, -0.2) is 0 Å². The lowest BCUT2D eigenvalue weighted by Crippen LogP contribution is -2.13. The van der Waals surface area contributed by atoms with Crippen LogP contribution in [-0.2, 0) is 14.3 Å². The van der Waals surface area contributed by atoms with E-state index < -0.39 is 11.8 Å². The average Bonchev–Trinajstić information content (AvgIpc) is 3.27. The molecule has 0 aliphatic carbocycles. The molecule has 43 heavy (non-hydrogen) atoms. The van der Waals surface area contributed by atoms with Gasteiger partial charge in [0.25, 0.3) is 0 Å². The molecule has 0 aromatic carbocycles. The van der Waals surface area contributed by atoms with Gasteiger partial charge in [-0.1, -0.05) is 205 Å². The zero-order chi connectivity index (χ0) is 31.1. The van der Waals surface area contributed by atoms with Crippen molar-refractivity contribution in [1.29, 1.82) is 0 Å². The monoisotopic (exact) mass is 601 g/mol. The molecule has 0 aromatic rings. The van der Waals surface area contributed by atoms with E-state index in [1.165, 1.54) is 167 Å². The molecule has 1 fully saturated rings. The predicted molar refractivity (Wildman–Crippen MR) is 186 cm³/mol.